The lowest BCUT2D eigenvalue weighted by molar-refractivity contribution is -0.0116. The van der Waals surface area contributed by atoms with E-state index in [1.807, 2.05) is 0 Å². The molecular formula is C9H10O4. The van der Waals surface area contributed by atoms with E-state index in [0.29, 0.717) is 5.56 Å². The van der Waals surface area contributed by atoms with E-state index in [1.54, 1.807) is 18.2 Å². The fourth-order valence-electron chi connectivity index (χ4n) is 1.01. The number of ether oxygens (including phenoxy) is 1. The maximum Gasteiger partial charge on any atom is 0.336 e. The first kappa shape index (κ1) is 9.70. The van der Waals surface area contributed by atoms with E-state index in [4.69, 9.17) is 14.9 Å². The first-order chi connectivity index (χ1) is 6.25. The number of hydrogen-bond donors (Lipinski definition) is 2. The van der Waals surface area contributed by atoms with Crippen molar-refractivity contribution >= 4 is 5.97 Å². The largest absolute Gasteiger partial charge is 0.478 e. The molecule has 0 unspecified atom stereocenters. The first-order valence-electron chi connectivity index (χ1n) is 3.75. The van der Waals surface area contributed by atoms with Gasteiger partial charge in [-0.1, -0.05) is 18.2 Å². The van der Waals surface area contributed by atoms with Crippen LogP contribution in [0.1, 0.15) is 15.9 Å². The third-order valence-corrected chi connectivity index (χ3v) is 1.60. The minimum atomic E-state index is -0.989. The summed E-state index contributed by atoms with van der Waals surface area (Å²) in [4.78, 5) is 10.7. The first-order valence-corrected chi connectivity index (χ1v) is 3.75. The van der Waals surface area contributed by atoms with E-state index in [0.717, 1.165) is 0 Å². The summed E-state index contributed by atoms with van der Waals surface area (Å²) >= 11 is 0. The molecule has 1 aromatic carbocycles. The van der Waals surface area contributed by atoms with Crippen molar-refractivity contribution in [2.75, 3.05) is 6.79 Å². The van der Waals surface area contributed by atoms with E-state index < -0.39 is 12.8 Å². The van der Waals surface area contributed by atoms with E-state index in [2.05, 4.69) is 0 Å². The van der Waals surface area contributed by atoms with Crippen LogP contribution in [-0.4, -0.2) is 23.0 Å². The Balaban J connectivity index is 2.84. The Morgan fingerprint density at radius 2 is 2.08 bits per heavy atom. The van der Waals surface area contributed by atoms with Crippen LogP contribution in [0.5, 0.6) is 0 Å². The molecule has 4 nitrogen and oxygen atoms in total. The topological polar surface area (TPSA) is 66.8 Å². The zero-order valence-electron chi connectivity index (χ0n) is 6.93. The monoisotopic (exact) mass is 182 g/mol. The summed E-state index contributed by atoms with van der Waals surface area (Å²) in [7, 11) is 0. The Kier molecular flexibility index (Phi) is 3.42. The average Bonchev–Trinajstić information content (AvgIpc) is 2.15. The van der Waals surface area contributed by atoms with Gasteiger partial charge in [0.2, 0.25) is 0 Å². The van der Waals surface area contributed by atoms with Gasteiger partial charge in [0.15, 0.2) is 0 Å². The standard InChI is InChI=1S/C9H10O4/c10-6-13-5-7-3-1-2-4-8(7)9(11)12/h1-4,10H,5-6H2,(H,11,12). The maximum absolute atomic E-state index is 10.7. The van der Waals surface area contributed by atoms with Crippen LogP contribution in [0.4, 0.5) is 0 Å². The molecule has 70 valence electrons. The molecule has 0 aliphatic heterocycles. The van der Waals surface area contributed by atoms with Crippen LogP contribution >= 0.6 is 0 Å². The van der Waals surface area contributed by atoms with Gasteiger partial charge in [0.25, 0.3) is 0 Å². The normalized spacial score (nSPS) is 9.92. The molecule has 0 amide bonds. The van der Waals surface area contributed by atoms with Crippen molar-refractivity contribution in [3.8, 4) is 0 Å². The van der Waals surface area contributed by atoms with E-state index >= 15 is 0 Å². The van der Waals surface area contributed by atoms with Crippen LogP contribution in [0, 0.1) is 0 Å². The minimum absolute atomic E-state index is 0.110. The quantitative estimate of drug-likeness (QED) is 0.677. The number of carboxylic acids is 1. The zero-order chi connectivity index (χ0) is 9.68. The number of aromatic carboxylic acids is 1. The zero-order valence-corrected chi connectivity index (χ0v) is 6.93. The molecular weight excluding hydrogens is 172 g/mol. The van der Waals surface area contributed by atoms with Crippen molar-refractivity contribution in [3.05, 3.63) is 35.4 Å². The Labute approximate surface area is 75.4 Å². The molecule has 0 aliphatic rings. The minimum Gasteiger partial charge on any atom is -0.478 e. The van der Waals surface area contributed by atoms with Gasteiger partial charge in [0.05, 0.1) is 12.2 Å². The fourth-order valence-corrected chi connectivity index (χ4v) is 1.01. The summed E-state index contributed by atoms with van der Waals surface area (Å²) in [5.74, 6) is -0.989. The average molecular weight is 182 g/mol. The van der Waals surface area contributed by atoms with E-state index in [9.17, 15) is 4.79 Å². The lowest BCUT2D eigenvalue weighted by Gasteiger charge is -2.04. The molecule has 0 heterocycles. The van der Waals surface area contributed by atoms with Gasteiger partial charge >= 0.3 is 5.97 Å². The van der Waals surface area contributed by atoms with Gasteiger partial charge in [-0.2, -0.15) is 0 Å². The second-order valence-electron chi connectivity index (χ2n) is 2.44. The Hall–Kier alpha value is -1.39. The highest BCUT2D eigenvalue weighted by atomic mass is 16.6. The second-order valence-corrected chi connectivity index (χ2v) is 2.44. The number of hydrogen-bond acceptors (Lipinski definition) is 3. The van der Waals surface area contributed by atoms with Crippen LogP contribution in [0.25, 0.3) is 0 Å². The third kappa shape index (κ3) is 2.54. The molecule has 2 N–H and O–H groups in total. The van der Waals surface area contributed by atoms with Gasteiger partial charge in [0.1, 0.15) is 6.79 Å². The lowest BCUT2D eigenvalue weighted by atomic mass is 10.1. The SMILES string of the molecule is O=C(O)c1ccccc1COCO. The molecule has 0 fully saturated rings. The Bertz CT molecular complexity index is 295. The summed E-state index contributed by atoms with van der Waals surface area (Å²) in [5.41, 5.74) is 0.764. The highest BCUT2D eigenvalue weighted by molar-refractivity contribution is 5.89. The molecule has 0 spiro atoms. The van der Waals surface area contributed by atoms with Gasteiger partial charge in [-0.25, -0.2) is 4.79 Å². The maximum atomic E-state index is 10.7. The van der Waals surface area contributed by atoms with Crippen molar-refractivity contribution in [2.24, 2.45) is 0 Å². The number of aliphatic hydroxyl groups excluding tert-OH is 1. The number of benzene rings is 1. The van der Waals surface area contributed by atoms with Gasteiger partial charge in [-0.15, -0.1) is 0 Å². The molecule has 0 radical (unpaired) electrons. The van der Waals surface area contributed by atoms with Crippen molar-refractivity contribution in [3.63, 3.8) is 0 Å². The van der Waals surface area contributed by atoms with Crippen LogP contribution in [-0.2, 0) is 11.3 Å². The fraction of sp³-hybridized carbons (Fsp3) is 0.222. The second kappa shape index (κ2) is 4.59. The summed E-state index contributed by atoms with van der Waals surface area (Å²) < 4.78 is 4.70. The van der Waals surface area contributed by atoms with Crippen molar-refractivity contribution in [2.45, 2.75) is 6.61 Å². The molecule has 4 heteroatoms. The number of rotatable bonds is 4. The van der Waals surface area contributed by atoms with Crippen LogP contribution in [0.2, 0.25) is 0 Å². The number of carboxylic acid groups (broad SMARTS) is 1. The van der Waals surface area contributed by atoms with E-state index in [1.165, 1.54) is 6.07 Å². The van der Waals surface area contributed by atoms with Gasteiger partial charge < -0.3 is 14.9 Å². The van der Waals surface area contributed by atoms with Crippen LogP contribution < -0.4 is 0 Å². The smallest absolute Gasteiger partial charge is 0.336 e. The molecule has 1 aromatic rings. The summed E-state index contributed by atoms with van der Waals surface area (Å²) in [6, 6.07) is 6.52. The summed E-state index contributed by atoms with van der Waals surface area (Å²) in [5, 5.41) is 17.1. The van der Waals surface area contributed by atoms with Gasteiger partial charge in [-0.3, -0.25) is 0 Å². The summed E-state index contributed by atoms with van der Waals surface area (Å²) in [6.07, 6.45) is 0. The Morgan fingerprint density at radius 3 is 2.69 bits per heavy atom. The molecule has 1 rings (SSSR count). The molecule has 0 saturated heterocycles. The lowest BCUT2D eigenvalue weighted by Crippen LogP contribution is -2.04. The highest BCUT2D eigenvalue weighted by Gasteiger charge is 2.07. The molecule has 0 aromatic heterocycles. The molecule has 13 heavy (non-hydrogen) atoms. The van der Waals surface area contributed by atoms with Crippen LogP contribution in [0.15, 0.2) is 24.3 Å². The molecule has 0 atom stereocenters. The van der Waals surface area contributed by atoms with Crippen molar-refractivity contribution in [1.82, 2.24) is 0 Å². The van der Waals surface area contributed by atoms with Crippen molar-refractivity contribution < 1.29 is 19.7 Å². The number of carbonyl (C=O) groups is 1. The Morgan fingerprint density at radius 1 is 1.38 bits per heavy atom. The molecule has 0 bridgehead atoms. The summed E-state index contributed by atoms with van der Waals surface area (Å²) in [6.45, 7) is -0.299. The number of aliphatic hydroxyl groups is 1. The van der Waals surface area contributed by atoms with Gasteiger partial charge in [0, 0.05) is 0 Å². The predicted molar refractivity (Wildman–Crippen MR) is 45.3 cm³/mol. The highest BCUT2D eigenvalue weighted by Crippen LogP contribution is 2.09. The molecule has 0 aliphatic carbocycles. The van der Waals surface area contributed by atoms with Crippen molar-refractivity contribution in [1.29, 1.82) is 0 Å². The van der Waals surface area contributed by atoms with Gasteiger partial charge in [-0.05, 0) is 11.6 Å². The predicted octanol–water partition coefficient (Wildman–Crippen LogP) is 0.851. The van der Waals surface area contributed by atoms with E-state index in [-0.39, 0.29) is 12.2 Å². The molecule has 0 saturated carbocycles. The third-order valence-electron chi connectivity index (χ3n) is 1.60. The van der Waals surface area contributed by atoms with Crippen LogP contribution in [0.3, 0.4) is 0 Å².